The van der Waals surface area contributed by atoms with E-state index in [2.05, 4.69) is 8.75 Å². The highest BCUT2D eigenvalue weighted by atomic mass is 32.2. The minimum atomic E-state index is 0.759. The Morgan fingerprint density at radius 2 is 1.21 bits per heavy atom. The van der Waals surface area contributed by atoms with Crippen molar-refractivity contribution in [3.05, 3.63) is 0 Å². The molecule has 4 N–H and O–H groups in total. The number of aromatic nitrogens is 2. The number of nitrogens with zero attached hydrogens (tertiary/aromatic N) is 2. The molecule has 0 aliphatic carbocycles. The first kappa shape index (κ1) is 8.84. The van der Waals surface area contributed by atoms with Gasteiger partial charge in [0.2, 0.25) is 0 Å². The lowest BCUT2D eigenvalue weighted by atomic mass is 10.7. The number of hydrogen-bond acceptors (Lipinski definition) is 8. The Kier molecular flexibility index (Phi) is 1.91. The molecule has 0 unspecified atom stereocenters. The molecule has 0 saturated heterocycles. The summed E-state index contributed by atoms with van der Waals surface area (Å²) >= 11 is 5.76. The maximum Gasteiger partial charge on any atom is 0.131 e. The minimum Gasteiger partial charge on any atom is -0.388 e. The summed E-state index contributed by atoms with van der Waals surface area (Å²) in [6.45, 7) is 0. The summed E-state index contributed by atoms with van der Waals surface area (Å²) in [5.41, 5.74) is 11.6. The molecule has 0 aromatic carbocycles. The molecule has 0 saturated carbocycles. The van der Waals surface area contributed by atoms with Gasteiger partial charge in [0.25, 0.3) is 0 Å². The third kappa shape index (κ3) is 1.14. The van der Waals surface area contributed by atoms with E-state index in [9.17, 15) is 0 Å². The average molecular weight is 260 g/mol. The van der Waals surface area contributed by atoms with Crippen LogP contribution >= 0.6 is 46.6 Å². The van der Waals surface area contributed by atoms with E-state index in [1.54, 1.807) is 23.5 Å². The van der Waals surface area contributed by atoms with Crippen LogP contribution < -0.4 is 11.5 Å². The molecule has 2 aromatic heterocycles. The van der Waals surface area contributed by atoms with Gasteiger partial charge in [-0.1, -0.05) is 23.5 Å². The number of fused-ring (bicyclic) bond motifs is 2. The molecule has 1 aliphatic heterocycles. The Balaban J connectivity index is 2.15. The Bertz CT molecular complexity index is 456. The molecule has 0 amide bonds. The molecule has 8 heteroatoms. The highest BCUT2D eigenvalue weighted by molar-refractivity contribution is 8.05. The summed E-state index contributed by atoms with van der Waals surface area (Å²) in [5, 5.41) is 3.43. The van der Waals surface area contributed by atoms with Crippen LogP contribution in [0.4, 0.5) is 10.0 Å². The largest absolute Gasteiger partial charge is 0.388 e. The van der Waals surface area contributed by atoms with Crippen LogP contribution in [0.1, 0.15) is 0 Å². The predicted octanol–water partition coefficient (Wildman–Crippen LogP) is 2.38. The van der Waals surface area contributed by atoms with Crippen molar-refractivity contribution in [2.75, 3.05) is 11.5 Å². The van der Waals surface area contributed by atoms with E-state index in [4.69, 9.17) is 11.5 Å². The van der Waals surface area contributed by atoms with Gasteiger partial charge in [-0.25, -0.2) is 0 Å². The molecule has 3 heterocycles. The van der Waals surface area contributed by atoms with Gasteiger partial charge < -0.3 is 11.5 Å². The lowest BCUT2D eigenvalue weighted by Gasteiger charge is -2.08. The van der Waals surface area contributed by atoms with Gasteiger partial charge in [-0.3, -0.25) is 0 Å². The normalized spacial score (nSPS) is 13.7. The van der Waals surface area contributed by atoms with Gasteiger partial charge in [0.05, 0.1) is 9.79 Å². The fourth-order valence-corrected chi connectivity index (χ4v) is 4.97. The SMILES string of the molecule is Nc1snc2c1Sc1nsc(N)c1S2. The number of anilines is 2. The van der Waals surface area contributed by atoms with Gasteiger partial charge in [0, 0.05) is 0 Å². The summed E-state index contributed by atoms with van der Waals surface area (Å²) in [6, 6.07) is 0. The van der Waals surface area contributed by atoms with Crippen molar-refractivity contribution < 1.29 is 0 Å². The summed E-state index contributed by atoms with van der Waals surface area (Å²) in [7, 11) is 0. The highest BCUT2D eigenvalue weighted by Crippen LogP contribution is 2.53. The summed E-state index contributed by atoms with van der Waals surface area (Å²) in [6.07, 6.45) is 0. The molecule has 0 radical (unpaired) electrons. The van der Waals surface area contributed by atoms with E-state index >= 15 is 0 Å². The third-order valence-corrected chi connectivity index (χ3v) is 6.00. The lowest BCUT2D eigenvalue weighted by molar-refractivity contribution is 1.08. The standard InChI is InChI=1S/C6H4N4S4/c7-3-1-5(9-13-3)12-2-4(8)14-10-6(2)11-1/h7-8H2. The number of nitrogen functional groups attached to an aromatic ring is 2. The Morgan fingerprint density at radius 3 is 1.64 bits per heavy atom. The second kappa shape index (κ2) is 3.02. The van der Waals surface area contributed by atoms with Gasteiger partial charge >= 0.3 is 0 Å². The van der Waals surface area contributed by atoms with Gasteiger partial charge in [0.1, 0.15) is 20.1 Å². The van der Waals surface area contributed by atoms with E-state index < -0.39 is 0 Å². The van der Waals surface area contributed by atoms with E-state index in [0.29, 0.717) is 0 Å². The minimum absolute atomic E-state index is 0.759. The van der Waals surface area contributed by atoms with Crippen LogP contribution in [0, 0.1) is 0 Å². The van der Waals surface area contributed by atoms with E-state index in [1.807, 2.05) is 0 Å². The number of hydrogen-bond donors (Lipinski definition) is 2. The maximum atomic E-state index is 5.79. The second-order valence-electron chi connectivity index (χ2n) is 2.57. The van der Waals surface area contributed by atoms with Crippen LogP contribution in [0.25, 0.3) is 0 Å². The van der Waals surface area contributed by atoms with E-state index in [-0.39, 0.29) is 0 Å². The van der Waals surface area contributed by atoms with Gasteiger partial charge in [-0.15, -0.1) is 0 Å². The molecule has 1 aliphatic rings. The van der Waals surface area contributed by atoms with E-state index in [0.717, 1.165) is 29.8 Å². The molecule has 0 bridgehead atoms. The highest BCUT2D eigenvalue weighted by Gasteiger charge is 2.26. The molecule has 14 heavy (non-hydrogen) atoms. The van der Waals surface area contributed by atoms with Crippen LogP contribution in [-0.2, 0) is 0 Å². The molecule has 0 fully saturated rings. The molecule has 72 valence electrons. The fraction of sp³-hybridized carbons (Fsp3) is 0. The van der Waals surface area contributed by atoms with Gasteiger partial charge in [-0.2, -0.15) is 8.75 Å². The number of rotatable bonds is 0. The first-order valence-corrected chi connectivity index (χ1v) is 6.79. The predicted molar refractivity (Wildman–Crippen MR) is 61.3 cm³/mol. The van der Waals surface area contributed by atoms with Gasteiger partial charge in [-0.05, 0) is 23.1 Å². The average Bonchev–Trinajstić information content (AvgIpc) is 2.71. The second-order valence-corrected chi connectivity index (χ2v) is 6.17. The molecular weight excluding hydrogens is 256 g/mol. The Labute approximate surface area is 96.4 Å². The zero-order valence-corrected chi connectivity index (χ0v) is 9.95. The fourth-order valence-electron chi connectivity index (χ4n) is 1.07. The molecule has 3 rings (SSSR count). The first-order chi connectivity index (χ1) is 6.75. The van der Waals surface area contributed by atoms with Crippen LogP contribution in [0.3, 0.4) is 0 Å². The Morgan fingerprint density at radius 1 is 0.786 bits per heavy atom. The van der Waals surface area contributed by atoms with Crippen LogP contribution in [-0.4, -0.2) is 8.75 Å². The summed E-state index contributed by atoms with van der Waals surface area (Å²) in [4.78, 5) is 2.05. The van der Waals surface area contributed by atoms with Gasteiger partial charge in [0.15, 0.2) is 0 Å². The van der Waals surface area contributed by atoms with Crippen molar-refractivity contribution in [1.29, 1.82) is 0 Å². The number of nitrogens with two attached hydrogens (primary N) is 2. The van der Waals surface area contributed by atoms with E-state index in [1.165, 1.54) is 23.1 Å². The topological polar surface area (TPSA) is 77.8 Å². The summed E-state index contributed by atoms with van der Waals surface area (Å²) in [5.74, 6) is 0. The zero-order chi connectivity index (χ0) is 9.71. The molecule has 0 spiro atoms. The first-order valence-electron chi connectivity index (χ1n) is 3.61. The molecule has 4 nitrogen and oxygen atoms in total. The monoisotopic (exact) mass is 260 g/mol. The van der Waals surface area contributed by atoms with Crippen LogP contribution in [0.15, 0.2) is 19.8 Å². The van der Waals surface area contributed by atoms with Crippen LogP contribution in [0.5, 0.6) is 0 Å². The molecular formula is C6H4N4S4. The lowest BCUT2D eigenvalue weighted by Crippen LogP contribution is -1.90. The maximum absolute atomic E-state index is 5.79. The zero-order valence-electron chi connectivity index (χ0n) is 6.68. The van der Waals surface area contributed by atoms with Crippen molar-refractivity contribution >= 4 is 56.6 Å². The third-order valence-electron chi connectivity index (χ3n) is 1.69. The van der Waals surface area contributed by atoms with Crippen molar-refractivity contribution in [2.45, 2.75) is 19.8 Å². The van der Waals surface area contributed by atoms with Crippen molar-refractivity contribution in [2.24, 2.45) is 0 Å². The van der Waals surface area contributed by atoms with Crippen molar-refractivity contribution in [3.8, 4) is 0 Å². The van der Waals surface area contributed by atoms with Crippen LogP contribution in [0.2, 0.25) is 0 Å². The smallest absolute Gasteiger partial charge is 0.131 e. The molecule has 0 atom stereocenters. The Hall–Kier alpha value is -0.440. The summed E-state index contributed by atoms with van der Waals surface area (Å²) < 4.78 is 8.51. The quantitative estimate of drug-likeness (QED) is 0.646. The van der Waals surface area contributed by atoms with Crippen molar-refractivity contribution in [3.63, 3.8) is 0 Å². The van der Waals surface area contributed by atoms with Crippen molar-refractivity contribution in [1.82, 2.24) is 8.75 Å². The molecule has 2 aromatic rings.